The molecule has 1 aromatic heterocycles. The Kier molecular flexibility index (Phi) is 8.34. The van der Waals surface area contributed by atoms with Gasteiger partial charge in [0.25, 0.3) is 5.56 Å². The fourth-order valence-corrected chi connectivity index (χ4v) is 5.40. The van der Waals surface area contributed by atoms with E-state index in [1.807, 2.05) is 24.3 Å². The zero-order chi connectivity index (χ0) is 25.8. The van der Waals surface area contributed by atoms with Crippen molar-refractivity contribution in [2.24, 2.45) is 4.99 Å². The third kappa shape index (κ3) is 5.43. The summed E-state index contributed by atoms with van der Waals surface area (Å²) in [5.74, 6) is 0.210. The number of carbonyl (C=O) groups is 1. The van der Waals surface area contributed by atoms with Crippen LogP contribution in [-0.2, 0) is 9.53 Å². The zero-order valence-corrected chi connectivity index (χ0v) is 22.5. The number of hydrogen-bond donors (Lipinski definition) is 0. The summed E-state index contributed by atoms with van der Waals surface area (Å²) in [5.41, 5.74) is 2.06. The van der Waals surface area contributed by atoms with Crippen LogP contribution in [0, 0.1) is 0 Å². The van der Waals surface area contributed by atoms with Crippen LogP contribution in [0.3, 0.4) is 0 Å². The van der Waals surface area contributed by atoms with Crippen LogP contribution in [0.4, 0.5) is 0 Å². The van der Waals surface area contributed by atoms with Crippen molar-refractivity contribution in [2.75, 3.05) is 13.7 Å². The Labute approximate surface area is 223 Å². The van der Waals surface area contributed by atoms with Gasteiger partial charge >= 0.3 is 5.97 Å². The summed E-state index contributed by atoms with van der Waals surface area (Å²) in [6, 6.07) is 11.9. The molecule has 0 saturated carbocycles. The molecule has 0 bridgehead atoms. The highest BCUT2D eigenvalue weighted by Gasteiger charge is 2.33. The Bertz CT molecular complexity index is 1490. The van der Waals surface area contributed by atoms with Crippen LogP contribution in [0.5, 0.6) is 5.75 Å². The molecule has 0 N–H and O–H groups in total. The van der Waals surface area contributed by atoms with Gasteiger partial charge in [0, 0.05) is 0 Å². The van der Waals surface area contributed by atoms with Gasteiger partial charge in [-0.25, -0.2) is 9.79 Å². The molecule has 1 unspecified atom stereocenters. The molecule has 1 aliphatic rings. The average Bonchev–Trinajstić information content (AvgIpc) is 3.17. The van der Waals surface area contributed by atoms with E-state index < -0.39 is 12.0 Å². The molecule has 2 heterocycles. The molecule has 188 valence electrons. The molecule has 0 saturated heterocycles. The third-order valence-corrected chi connectivity index (χ3v) is 7.60. The van der Waals surface area contributed by atoms with Gasteiger partial charge in [-0.2, -0.15) is 0 Å². The average molecular weight is 545 g/mol. The number of ether oxygens (including phenoxy) is 2. The van der Waals surface area contributed by atoms with Crippen molar-refractivity contribution in [3.63, 3.8) is 0 Å². The van der Waals surface area contributed by atoms with Crippen molar-refractivity contribution in [1.82, 2.24) is 4.57 Å². The quantitative estimate of drug-likeness (QED) is 0.285. The number of hydrogen-bond acceptors (Lipinski definition) is 6. The van der Waals surface area contributed by atoms with Crippen molar-refractivity contribution in [2.45, 2.75) is 39.2 Å². The first-order chi connectivity index (χ1) is 17.3. The van der Waals surface area contributed by atoms with Gasteiger partial charge in [-0.3, -0.25) is 9.36 Å². The topological polar surface area (TPSA) is 69.9 Å². The van der Waals surface area contributed by atoms with Crippen LogP contribution in [0.1, 0.15) is 50.3 Å². The molecule has 6 nitrogen and oxygen atoms in total. The predicted molar refractivity (Wildman–Crippen MR) is 144 cm³/mol. The highest BCUT2D eigenvalue weighted by Crippen LogP contribution is 2.31. The maximum absolute atomic E-state index is 13.6. The lowest BCUT2D eigenvalue weighted by Crippen LogP contribution is -2.39. The number of esters is 1. The van der Waals surface area contributed by atoms with E-state index in [4.69, 9.17) is 32.7 Å². The van der Waals surface area contributed by atoms with E-state index in [9.17, 15) is 9.59 Å². The van der Waals surface area contributed by atoms with Crippen molar-refractivity contribution >= 4 is 46.6 Å². The van der Waals surface area contributed by atoms with Gasteiger partial charge in [-0.15, -0.1) is 0 Å². The number of methoxy groups -OCH3 is 1. The van der Waals surface area contributed by atoms with Crippen molar-refractivity contribution in [3.8, 4) is 5.75 Å². The van der Waals surface area contributed by atoms with Gasteiger partial charge in [-0.1, -0.05) is 72.5 Å². The number of halogens is 2. The molecule has 0 amide bonds. The molecule has 0 spiro atoms. The number of carbonyl (C=O) groups excluding carboxylic acids is 1. The standard InChI is InChI=1S/C27H26Cl2N2O4S/c1-4-5-6-13-35-19-10-8-18(9-11-19)24-23(26(33)34-3)16(2)30-27-31(24)25(32)22(36-27)15-17-7-12-20(28)21(29)14-17/h7-12,14-15,24H,4-6,13H2,1-3H3. The first-order valence-corrected chi connectivity index (χ1v) is 13.2. The van der Waals surface area contributed by atoms with Crippen LogP contribution in [0.25, 0.3) is 6.08 Å². The monoisotopic (exact) mass is 544 g/mol. The van der Waals surface area contributed by atoms with Crippen LogP contribution in [-0.4, -0.2) is 24.3 Å². The molecular formula is C27H26Cl2N2O4S. The summed E-state index contributed by atoms with van der Waals surface area (Å²) in [6.45, 7) is 4.54. The number of benzene rings is 2. The maximum Gasteiger partial charge on any atom is 0.338 e. The highest BCUT2D eigenvalue weighted by atomic mass is 35.5. The number of aromatic nitrogens is 1. The lowest BCUT2D eigenvalue weighted by molar-refractivity contribution is -0.136. The third-order valence-electron chi connectivity index (χ3n) is 5.88. The summed E-state index contributed by atoms with van der Waals surface area (Å²) in [7, 11) is 1.32. The zero-order valence-electron chi connectivity index (χ0n) is 20.2. The SMILES string of the molecule is CCCCCOc1ccc(C2C(C(=O)OC)=C(C)N=c3sc(=Cc4ccc(Cl)c(Cl)c4)c(=O)n32)cc1. The van der Waals surface area contributed by atoms with E-state index in [2.05, 4.69) is 11.9 Å². The molecule has 0 fully saturated rings. The Hall–Kier alpha value is -2.87. The van der Waals surface area contributed by atoms with Gasteiger partial charge in [0.05, 0.1) is 45.6 Å². The Morgan fingerprint density at radius 1 is 1.14 bits per heavy atom. The Morgan fingerprint density at radius 2 is 1.89 bits per heavy atom. The number of thiazole rings is 1. The molecule has 9 heteroatoms. The second kappa shape index (κ2) is 11.5. The molecule has 0 radical (unpaired) electrons. The van der Waals surface area contributed by atoms with E-state index in [0.717, 1.165) is 36.1 Å². The highest BCUT2D eigenvalue weighted by molar-refractivity contribution is 7.07. The largest absolute Gasteiger partial charge is 0.494 e. The van der Waals surface area contributed by atoms with Crippen LogP contribution >= 0.6 is 34.5 Å². The fourth-order valence-electron chi connectivity index (χ4n) is 4.05. The van der Waals surface area contributed by atoms with Crippen LogP contribution in [0.2, 0.25) is 10.0 Å². The molecule has 1 aliphatic heterocycles. The minimum atomic E-state index is -0.682. The van der Waals surface area contributed by atoms with E-state index in [1.54, 1.807) is 35.8 Å². The minimum absolute atomic E-state index is 0.261. The lowest BCUT2D eigenvalue weighted by Gasteiger charge is -2.24. The second-order valence-corrected chi connectivity index (χ2v) is 10.2. The molecule has 1 atom stereocenters. The number of allylic oxidation sites excluding steroid dienone is 1. The number of rotatable bonds is 8. The molecule has 0 aliphatic carbocycles. The van der Waals surface area contributed by atoms with E-state index in [-0.39, 0.29) is 5.56 Å². The summed E-state index contributed by atoms with van der Waals surface area (Å²) in [5, 5.41) is 0.836. The van der Waals surface area contributed by atoms with Crippen molar-refractivity contribution in [1.29, 1.82) is 0 Å². The Morgan fingerprint density at radius 3 is 2.56 bits per heavy atom. The first kappa shape index (κ1) is 26.2. The van der Waals surface area contributed by atoms with E-state index in [1.165, 1.54) is 18.4 Å². The molecule has 36 heavy (non-hydrogen) atoms. The lowest BCUT2D eigenvalue weighted by atomic mass is 9.96. The number of unbranched alkanes of at least 4 members (excludes halogenated alkanes) is 2. The normalized spacial score (nSPS) is 15.5. The smallest absolute Gasteiger partial charge is 0.338 e. The van der Waals surface area contributed by atoms with Crippen LogP contribution in [0.15, 0.2) is 63.5 Å². The van der Waals surface area contributed by atoms with E-state index >= 15 is 0 Å². The fraction of sp³-hybridized carbons (Fsp3) is 0.296. The number of nitrogens with zero attached hydrogens (tertiary/aromatic N) is 2. The van der Waals surface area contributed by atoms with Gasteiger partial charge in [-0.05, 0) is 54.8 Å². The number of fused-ring (bicyclic) bond motifs is 1. The van der Waals surface area contributed by atoms with Crippen molar-refractivity contribution < 1.29 is 14.3 Å². The van der Waals surface area contributed by atoms with Gasteiger partial charge < -0.3 is 9.47 Å². The summed E-state index contributed by atoms with van der Waals surface area (Å²) in [6.07, 6.45) is 4.97. The van der Waals surface area contributed by atoms with Crippen molar-refractivity contribution in [3.05, 3.63) is 94.6 Å². The Balaban J connectivity index is 1.79. The summed E-state index contributed by atoms with van der Waals surface area (Å²) >= 11 is 13.4. The molecular weight excluding hydrogens is 519 g/mol. The summed E-state index contributed by atoms with van der Waals surface area (Å²) < 4.78 is 12.9. The first-order valence-electron chi connectivity index (χ1n) is 11.6. The van der Waals surface area contributed by atoms with Gasteiger partial charge in [0.1, 0.15) is 5.75 Å². The van der Waals surface area contributed by atoms with Gasteiger partial charge in [0.15, 0.2) is 4.80 Å². The molecule has 3 aromatic rings. The molecule has 2 aromatic carbocycles. The minimum Gasteiger partial charge on any atom is -0.494 e. The second-order valence-electron chi connectivity index (χ2n) is 8.37. The predicted octanol–water partition coefficient (Wildman–Crippen LogP) is 5.28. The van der Waals surface area contributed by atoms with Crippen LogP contribution < -0.4 is 19.6 Å². The van der Waals surface area contributed by atoms with E-state index in [0.29, 0.717) is 37.3 Å². The summed E-state index contributed by atoms with van der Waals surface area (Å²) in [4.78, 5) is 31.5. The van der Waals surface area contributed by atoms with Gasteiger partial charge in [0.2, 0.25) is 0 Å². The maximum atomic E-state index is 13.6. The molecule has 4 rings (SSSR count).